The second-order valence-electron chi connectivity index (χ2n) is 6.92. The fourth-order valence-electron chi connectivity index (χ4n) is 3.22. The number of carbonyl (C=O) groups is 2. The van der Waals surface area contributed by atoms with Crippen LogP contribution in [0.3, 0.4) is 0 Å². The Hall–Kier alpha value is -1.76. The topological polar surface area (TPSA) is 40.6 Å². The normalized spacial score (nSPS) is 18.9. The maximum atomic E-state index is 13.0. The summed E-state index contributed by atoms with van der Waals surface area (Å²) in [5.74, 6) is -0.489. The summed E-state index contributed by atoms with van der Waals surface area (Å²) in [6.07, 6.45) is 0.625. The zero-order valence-corrected chi connectivity index (χ0v) is 18.4. The van der Waals surface area contributed by atoms with Gasteiger partial charge in [-0.2, -0.15) is 0 Å². The van der Waals surface area contributed by atoms with E-state index in [1.54, 1.807) is 35.8 Å². The van der Waals surface area contributed by atoms with Crippen molar-refractivity contribution in [3.63, 3.8) is 0 Å². The minimum Gasteiger partial charge on any atom is -0.342 e. The molecule has 0 bridgehead atoms. The minimum absolute atomic E-state index is 0.0681. The van der Waals surface area contributed by atoms with E-state index in [4.69, 9.17) is 23.2 Å². The molecule has 29 heavy (non-hydrogen) atoms. The number of halogens is 3. The second kappa shape index (κ2) is 9.37. The number of hydrogen-bond acceptors (Lipinski definition) is 3. The van der Waals surface area contributed by atoms with Crippen LogP contribution in [0.25, 0.3) is 0 Å². The predicted molar refractivity (Wildman–Crippen MR) is 116 cm³/mol. The maximum Gasteiger partial charge on any atom is 0.253 e. The molecule has 4 nitrogen and oxygen atoms in total. The van der Waals surface area contributed by atoms with Crippen molar-refractivity contribution in [3.05, 3.63) is 69.5 Å². The van der Waals surface area contributed by atoms with Gasteiger partial charge >= 0.3 is 0 Å². The molecule has 154 valence electrons. The molecule has 1 fully saturated rings. The first kappa shape index (κ1) is 21.9. The van der Waals surface area contributed by atoms with Crippen LogP contribution in [-0.2, 0) is 4.79 Å². The van der Waals surface area contributed by atoms with Gasteiger partial charge in [0.2, 0.25) is 5.91 Å². The highest BCUT2D eigenvalue weighted by Crippen LogP contribution is 2.44. The summed E-state index contributed by atoms with van der Waals surface area (Å²) >= 11 is 13.7. The predicted octanol–water partition coefficient (Wildman–Crippen LogP) is 5.26. The Labute approximate surface area is 184 Å². The van der Waals surface area contributed by atoms with Crippen molar-refractivity contribution in [2.24, 2.45) is 0 Å². The molecule has 2 atom stereocenters. The Morgan fingerprint density at radius 1 is 1.17 bits per heavy atom. The van der Waals surface area contributed by atoms with Crippen molar-refractivity contribution in [2.75, 3.05) is 20.1 Å². The van der Waals surface area contributed by atoms with Gasteiger partial charge in [0.1, 0.15) is 11.2 Å². The van der Waals surface area contributed by atoms with Gasteiger partial charge in [-0.15, -0.1) is 11.8 Å². The van der Waals surface area contributed by atoms with Gasteiger partial charge in [-0.25, -0.2) is 4.39 Å². The molecule has 1 aliphatic rings. The summed E-state index contributed by atoms with van der Waals surface area (Å²) in [6, 6.07) is 10.9. The Balaban J connectivity index is 1.62. The van der Waals surface area contributed by atoms with Crippen molar-refractivity contribution in [2.45, 2.75) is 24.0 Å². The zero-order valence-electron chi connectivity index (χ0n) is 16.1. The van der Waals surface area contributed by atoms with Crippen LogP contribution < -0.4 is 0 Å². The molecule has 2 unspecified atom stereocenters. The molecular formula is C21H21Cl2FN2O2S. The molecule has 0 aliphatic carbocycles. The average Bonchev–Trinajstić information content (AvgIpc) is 2.98. The largest absolute Gasteiger partial charge is 0.342 e. The summed E-state index contributed by atoms with van der Waals surface area (Å²) in [7, 11) is 1.70. The van der Waals surface area contributed by atoms with Crippen molar-refractivity contribution in [1.82, 2.24) is 9.80 Å². The average molecular weight is 455 g/mol. The lowest BCUT2D eigenvalue weighted by Gasteiger charge is -2.26. The van der Waals surface area contributed by atoms with Crippen LogP contribution in [0.1, 0.15) is 34.6 Å². The number of thioether (sulfide) groups is 1. The Morgan fingerprint density at radius 3 is 2.52 bits per heavy atom. The van der Waals surface area contributed by atoms with Gasteiger partial charge in [-0.3, -0.25) is 9.59 Å². The van der Waals surface area contributed by atoms with E-state index in [1.807, 2.05) is 17.9 Å². The van der Waals surface area contributed by atoms with Gasteiger partial charge in [0, 0.05) is 25.7 Å². The van der Waals surface area contributed by atoms with Crippen LogP contribution in [0, 0.1) is 5.82 Å². The zero-order chi connectivity index (χ0) is 21.1. The molecular weight excluding hydrogens is 434 g/mol. The molecule has 2 aromatic carbocycles. The summed E-state index contributed by atoms with van der Waals surface area (Å²) in [4.78, 5) is 28.5. The molecule has 2 amide bonds. The smallest absolute Gasteiger partial charge is 0.253 e. The molecule has 1 heterocycles. The maximum absolute atomic E-state index is 13.0. The molecule has 1 saturated heterocycles. The molecule has 0 aromatic heterocycles. The molecule has 0 radical (unpaired) electrons. The molecule has 2 aromatic rings. The van der Waals surface area contributed by atoms with Crippen molar-refractivity contribution >= 4 is 46.8 Å². The number of benzene rings is 2. The minimum atomic E-state index is -0.378. The van der Waals surface area contributed by atoms with Crippen LogP contribution in [0.2, 0.25) is 10.0 Å². The Kier molecular flexibility index (Phi) is 7.09. The first-order chi connectivity index (χ1) is 13.8. The first-order valence-electron chi connectivity index (χ1n) is 9.20. The van der Waals surface area contributed by atoms with E-state index >= 15 is 0 Å². The summed E-state index contributed by atoms with van der Waals surface area (Å²) in [5.41, 5.74) is 1.36. The fourth-order valence-corrected chi connectivity index (χ4v) is 4.82. The highest BCUT2D eigenvalue weighted by atomic mass is 35.5. The standard InChI is InChI=1S/C21H21Cl2FN2O2S/c1-13-19(27)26(21(29-13)15-6-9-17(22)18(23)12-15)11-3-10-25(2)20(28)14-4-7-16(24)8-5-14/h4-9,12-13,21H,3,10-11H2,1-2H3. The van der Waals surface area contributed by atoms with Crippen LogP contribution >= 0.6 is 35.0 Å². The third kappa shape index (κ3) is 5.05. The third-order valence-electron chi connectivity index (χ3n) is 4.81. The van der Waals surface area contributed by atoms with E-state index in [-0.39, 0.29) is 28.3 Å². The molecule has 0 saturated carbocycles. The highest BCUT2D eigenvalue weighted by molar-refractivity contribution is 8.01. The van der Waals surface area contributed by atoms with Crippen molar-refractivity contribution < 1.29 is 14.0 Å². The van der Waals surface area contributed by atoms with E-state index in [9.17, 15) is 14.0 Å². The van der Waals surface area contributed by atoms with Gasteiger partial charge < -0.3 is 9.80 Å². The SMILES string of the molecule is CC1SC(c2ccc(Cl)c(Cl)c2)N(CCCN(C)C(=O)c2ccc(F)cc2)C1=O. The number of carbonyl (C=O) groups excluding carboxylic acids is 2. The number of rotatable bonds is 6. The van der Waals surface area contributed by atoms with E-state index in [1.165, 1.54) is 24.3 Å². The van der Waals surface area contributed by atoms with Crippen LogP contribution in [0.15, 0.2) is 42.5 Å². The first-order valence-corrected chi connectivity index (χ1v) is 10.9. The quantitative estimate of drug-likeness (QED) is 0.597. The molecule has 0 N–H and O–H groups in total. The summed E-state index contributed by atoms with van der Waals surface area (Å²) < 4.78 is 13.0. The van der Waals surface area contributed by atoms with E-state index < -0.39 is 0 Å². The molecule has 8 heteroatoms. The molecule has 1 aliphatic heterocycles. The second-order valence-corrected chi connectivity index (χ2v) is 9.16. The van der Waals surface area contributed by atoms with Crippen LogP contribution in [0.4, 0.5) is 4.39 Å². The van der Waals surface area contributed by atoms with Gasteiger partial charge in [0.05, 0.1) is 15.3 Å². The number of hydrogen-bond donors (Lipinski definition) is 0. The monoisotopic (exact) mass is 454 g/mol. The summed E-state index contributed by atoms with van der Waals surface area (Å²) in [5, 5.41) is 0.657. The van der Waals surface area contributed by atoms with Crippen molar-refractivity contribution in [1.29, 1.82) is 0 Å². The van der Waals surface area contributed by atoms with E-state index in [2.05, 4.69) is 0 Å². The molecule has 0 spiro atoms. The lowest BCUT2D eigenvalue weighted by atomic mass is 10.2. The molecule has 3 rings (SSSR count). The Morgan fingerprint density at radius 2 is 1.86 bits per heavy atom. The number of amides is 2. The fraction of sp³-hybridized carbons (Fsp3) is 0.333. The summed E-state index contributed by atoms with van der Waals surface area (Å²) in [6.45, 7) is 2.89. The van der Waals surface area contributed by atoms with Crippen LogP contribution in [0.5, 0.6) is 0 Å². The van der Waals surface area contributed by atoms with E-state index in [0.29, 0.717) is 35.1 Å². The van der Waals surface area contributed by atoms with Gasteiger partial charge in [-0.05, 0) is 55.3 Å². The highest BCUT2D eigenvalue weighted by Gasteiger charge is 2.38. The van der Waals surface area contributed by atoms with Crippen molar-refractivity contribution in [3.8, 4) is 0 Å². The lowest BCUT2D eigenvalue weighted by Crippen LogP contribution is -2.34. The van der Waals surface area contributed by atoms with Gasteiger partial charge in [0.15, 0.2) is 0 Å². The van der Waals surface area contributed by atoms with E-state index in [0.717, 1.165) is 5.56 Å². The van der Waals surface area contributed by atoms with Gasteiger partial charge in [-0.1, -0.05) is 29.3 Å². The lowest BCUT2D eigenvalue weighted by molar-refractivity contribution is -0.129. The number of nitrogens with zero attached hydrogens (tertiary/aromatic N) is 2. The Bertz CT molecular complexity index is 910. The van der Waals surface area contributed by atoms with Gasteiger partial charge in [0.25, 0.3) is 5.91 Å². The third-order valence-corrected chi connectivity index (χ3v) is 6.94. The van der Waals surface area contributed by atoms with Crippen LogP contribution in [-0.4, -0.2) is 47.0 Å².